The molecule has 0 aliphatic carbocycles. The highest BCUT2D eigenvalue weighted by molar-refractivity contribution is 5.92. The second-order valence-corrected chi connectivity index (χ2v) is 7.40. The monoisotopic (exact) mass is 374 g/mol. The lowest BCUT2D eigenvalue weighted by molar-refractivity contribution is -0.130. The van der Waals surface area contributed by atoms with Crippen LogP contribution in [0.5, 0.6) is 0 Å². The number of nitrogens with one attached hydrogen (secondary N) is 3. The number of carbonyl (C=O) groups excluding carboxylic acids is 3. The van der Waals surface area contributed by atoms with Crippen molar-refractivity contribution in [2.45, 2.75) is 45.7 Å². The molecule has 2 rings (SSSR count). The molecule has 1 fully saturated rings. The van der Waals surface area contributed by atoms with Crippen LogP contribution < -0.4 is 16.0 Å². The van der Waals surface area contributed by atoms with Crippen LogP contribution in [0.15, 0.2) is 30.3 Å². The Morgan fingerprint density at radius 3 is 2.30 bits per heavy atom. The molecular formula is C20H30N4O3. The van der Waals surface area contributed by atoms with Crippen LogP contribution in [0.25, 0.3) is 0 Å². The summed E-state index contributed by atoms with van der Waals surface area (Å²) in [4.78, 5) is 38.0. The van der Waals surface area contributed by atoms with Crippen molar-refractivity contribution in [3.8, 4) is 0 Å². The van der Waals surface area contributed by atoms with Crippen molar-refractivity contribution in [2.24, 2.45) is 5.92 Å². The predicted octanol–water partition coefficient (Wildman–Crippen LogP) is 1.37. The Morgan fingerprint density at radius 2 is 1.74 bits per heavy atom. The first kappa shape index (κ1) is 20.9. The zero-order chi connectivity index (χ0) is 19.8. The van der Waals surface area contributed by atoms with Gasteiger partial charge in [0.05, 0.1) is 6.54 Å². The number of hydrogen-bond donors (Lipinski definition) is 3. The number of hydrogen-bond acceptors (Lipinski definition) is 4. The molecule has 1 aliphatic heterocycles. The van der Waals surface area contributed by atoms with Crippen molar-refractivity contribution in [3.63, 3.8) is 0 Å². The van der Waals surface area contributed by atoms with Gasteiger partial charge < -0.3 is 16.0 Å². The van der Waals surface area contributed by atoms with E-state index in [0.717, 1.165) is 31.6 Å². The fourth-order valence-corrected chi connectivity index (χ4v) is 3.21. The van der Waals surface area contributed by atoms with Crippen LogP contribution in [0.1, 0.15) is 33.6 Å². The van der Waals surface area contributed by atoms with Crippen LogP contribution in [-0.2, 0) is 14.4 Å². The van der Waals surface area contributed by atoms with Gasteiger partial charge in [0.2, 0.25) is 17.7 Å². The first-order valence-corrected chi connectivity index (χ1v) is 9.50. The van der Waals surface area contributed by atoms with Gasteiger partial charge in [-0.05, 0) is 30.9 Å². The molecule has 148 valence electrons. The number of carbonyl (C=O) groups is 3. The van der Waals surface area contributed by atoms with Crippen molar-refractivity contribution < 1.29 is 14.4 Å². The molecule has 1 saturated heterocycles. The summed E-state index contributed by atoms with van der Waals surface area (Å²) in [6.07, 6.45) is 1.57. The van der Waals surface area contributed by atoms with Gasteiger partial charge in [0, 0.05) is 31.7 Å². The number of piperidine rings is 1. The normalized spacial score (nSPS) is 16.6. The van der Waals surface area contributed by atoms with E-state index in [0.29, 0.717) is 6.54 Å². The third-order valence-electron chi connectivity index (χ3n) is 4.67. The summed E-state index contributed by atoms with van der Waals surface area (Å²) in [7, 11) is 0. The average Bonchev–Trinajstić information content (AvgIpc) is 2.61. The number of rotatable bonds is 7. The van der Waals surface area contributed by atoms with E-state index in [1.807, 2.05) is 44.2 Å². The van der Waals surface area contributed by atoms with E-state index < -0.39 is 6.04 Å². The van der Waals surface area contributed by atoms with Gasteiger partial charge in [-0.3, -0.25) is 19.3 Å². The Balaban J connectivity index is 1.75. The fourth-order valence-electron chi connectivity index (χ4n) is 3.21. The maximum Gasteiger partial charge on any atom is 0.243 e. The highest BCUT2D eigenvalue weighted by atomic mass is 16.2. The van der Waals surface area contributed by atoms with Crippen LogP contribution in [0.2, 0.25) is 0 Å². The second-order valence-electron chi connectivity index (χ2n) is 7.40. The number of amides is 3. The molecular weight excluding hydrogens is 344 g/mol. The maximum absolute atomic E-state index is 12.4. The van der Waals surface area contributed by atoms with E-state index >= 15 is 0 Å². The minimum atomic E-state index is -0.517. The second kappa shape index (κ2) is 10.1. The van der Waals surface area contributed by atoms with Crippen molar-refractivity contribution >= 4 is 23.4 Å². The smallest absolute Gasteiger partial charge is 0.243 e. The third kappa shape index (κ3) is 7.02. The van der Waals surface area contributed by atoms with Gasteiger partial charge in [0.15, 0.2) is 0 Å². The summed E-state index contributed by atoms with van der Waals surface area (Å²) < 4.78 is 0. The summed E-state index contributed by atoms with van der Waals surface area (Å²) in [5, 5.41) is 8.64. The van der Waals surface area contributed by atoms with Gasteiger partial charge in [-0.15, -0.1) is 0 Å². The molecule has 1 aromatic carbocycles. The van der Waals surface area contributed by atoms with E-state index in [-0.39, 0.29) is 29.7 Å². The number of nitrogens with zero attached hydrogens (tertiary/aromatic N) is 1. The van der Waals surface area contributed by atoms with Gasteiger partial charge in [0.1, 0.15) is 6.04 Å². The van der Waals surface area contributed by atoms with Crippen molar-refractivity contribution in [1.29, 1.82) is 0 Å². The Kier molecular flexibility index (Phi) is 7.79. The Hall–Kier alpha value is -2.41. The van der Waals surface area contributed by atoms with Crippen LogP contribution in [0.3, 0.4) is 0 Å². The molecule has 1 unspecified atom stereocenters. The summed E-state index contributed by atoms with van der Waals surface area (Å²) in [6.45, 7) is 7.08. The number of likely N-dealkylation sites (tertiary alicyclic amines) is 1. The van der Waals surface area contributed by atoms with E-state index in [1.54, 1.807) is 0 Å². The molecule has 3 amide bonds. The molecule has 0 radical (unpaired) electrons. The molecule has 0 bridgehead atoms. The Morgan fingerprint density at radius 1 is 1.11 bits per heavy atom. The van der Waals surface area contributed by atoms with E-state index in [1.165, 1.54) is 6.92 Å². The van der Waals surface area contributed by atoms with Crippen LogP contribution in [0.4, 0.5) is 5.69 Å². The van der Waals surface area contributed by atoms with Gasteiger partial charge in [-0.1, -0.05) is 32.0 Å². The topological polar surface area (TPSA) is 90.5 Å². The zero-order valence-electron chi connectivity index (χ0n) is 16.3. The lowest BCUT2D eigenvalue weighted by Gasteiger charge is -2.33. The predicted molar refractivity (Wildman–Crippen MR) is 105 cm³/mol. The van der Waals surface area contributed by atoms with Gasteiger partial charge in [0.25, 0.3) is 0 Å². The molecule has 7 nitrogen and oxygen atoms in total. The average molecular weight is 374 g/mol. The van der Waals surface area contributed by atoms with Gasteiger partial charge in [-0.25, -0.2) is 0 Å². The molecule has 1 aliphatic rings. The van der Waals surface area contributed by atoms with Crippen molar-refractivity contribution in [2.75, 3.05) is 25.0 Å². The summed E-state index contributed by atoms with van der Waals surface area (Å²) in [5.41, 5.74) is 0.794. The lowest BCUT2D eigenvalue weighted by Crippen LogP contribution is -2.54. The summed E-state index contributed by atoms with van der Waals surface area (Å²) in [6, 6.07) is 8.95. The van der Waals surface area contributed by atoms with E-state index in [4.69, 9.17) is 0 Å². The molecule has 3 N–H and O–H groups in total. The molecule has 7 heteroatoms. The van der Waals surface area contributed by atoms with Crippen molar-refractivity contribution in [1.82, 2.24) is 15.5 Å². The molecule has 1 atom stereocenters. The molecule has 27 heavy (non-hydrogen) atoms. The quantitative estimate of drug-likeness (QED) is 0.672. The van der Waals surface area contributed by atoms with Crippen LogP contribution >= 0.6 is 0 Å². The summed E-state index contributed by atoms with van der Waals surface area (Å²) >= 11 is 0. The maximum atomic E-state index is 12.4. The third-order valence-corrected chi connectivity index (χ3v) is 4.67. The highest BCUT2D eigenvalue weighted by Crippen LogP contribution is 2.12. The van der Waals surface area contributed by atoms with Crippen LogP contribution in [-0.4, -0.2) is 54.3 Å². The van der Waals surface area contributed by atoms with E-state index in [2.05, 4.69) is 20.9 Å². The SMILES string of the molecule is CC(=O)NC(C(=O)NC1CCN(CC(=O)Nc2ccccc2)CC1)C(C)C. The van der Waals surface area contributed by atoms with Crippen LogP contribution in [0, 0.1) is 5.92 Å². The molecule has 0 aromatic heterocycles. The van der Waals surface area contributed by atoms with Crippen molar-refractivity contribution in [3.05, 3.63) is 30.3 Å². The first-order chi connectivity index (χ1) is 12.8. The van der Waals surface area contributed by atoms with E-state index in [9.17, 15) is 14.4 Å². The Bertz CT molecular complexity index is 640. The molecule has 0 spiro atoms. The first-order valence-electron chi connectivity index (χ1n) is 9.50. The minimum absolute atomic E-state index is 0.0238. The largest absolute Gasteiger partial charge is 0.351 e. The van der Waals surface area contributed by atoms with Gasteiger partial charge in [-0.2, -0.15) is 0 Å². The lowest BCUT2D eigenvalue weighted by atomic mass is 10.0. The highest BCUT2D eigenvalue weighted by Gasteiger charge is 2.27. The van der Waals surface area contributed by atoms with Gasteiger partial charge >= 0.3 is 0 Å². The number of anilines is 1. The molecule has 1 aromatic rings. The minimum Gasteiger partial charge on any atom is -0.351 e. The number of para-hydroxylation sites is 1. The number of benzene rings is 1. The fraction of sp³-hybridized carbons (Fsp3) is 0.550. The summed E-state index contributed by atoms with van der Waals surface area (Å²) in [5.74, 6) is -0.353. The zero-order valence-corrected chi connectivity index (χ0v) is 16.3. The molecule has 1 heterocycles. The Labute approximate surface area is 160 Å². The standard InChI is InChI=1S/C20H30N4O3/c1-14(2)19(21-15(3)25)20(27)23-17-9-11-24(12-10-17)13-18(26)22-16-7-5-4-6-8-16/h4-8,14,17,19H,9-13H2,1-3H3,(H,21,25)(H,22,26)(H,23,27). The molecule has 0 saturated carbocycles.